The molecule has 0 spiro atoms. The van der Waals surface area contributed by atoms with E-state index in [1.165, 1.54) is 24.9 Å². The minimum absolute atomic E-state index is 0.203. The average Bonchev–Trinajstić information content (AvgIpc) is 2.76. The summed E-state index contributed by atoms with van der Waals surface area (Å²) in [6.07, 6.45) is 7.89. The molecule has 1 amide bonds. The molecule has 1 aromatic carbocycles. The highest BCUT2D eigenvalue weighted by Gasteiger charge is 2.22. The molecule has 2 aliphatic rings. The molecule has 27 heavy (non-hydrogen) atoms. The van der Waals surface area contributed by atoms with Gasteiger partial charge in [0.2, 0.25) is 11.9 Å². The van der Waals surface area contributed by atoms with Gasteiger partial charge in [0, 0.05) is 57.3 Å². The fourth-order valence-corrected chi connectivity index (χ4v) is 3.87. The Kier molecular flexibility index (Phi) is 5.51. The van der Waals surface area contributed by atoms with Gasteiger partial charge in [-0.05, 0) is 43.0 Å². The van der Waals surface area contributed by atoms with Crippen LogP contribution >= 0.6 is 0 Å². The maximum atomic E-state index is 12.7. The largest absolute Gasteiger partial charge is 0.372 e. The molecule has 6 nitrogen and oxygen atoms in total. The normalized spacial score (nSPS) is 17.9. The van der Waals surface area contributed by atoms with E-state index in [0.717, 1.165) is 50.8 Å². The summed E-state index contributed by atoms with van der Waals surface area (Å²) in [4.78, 5) is 27.8. The third-order valence-electron chi connectivity index (χ3n) is 5.48. The van der Waals surface area contributed by atoms with Crippen LogP contribution in [0.4, 0.5) is 11.6 Å². The van der Waals surface area contributed by atoms with Crippen molar-refractivity contribution in [1.82, 2.24) is 14.9 Å². The van der Waals surface area contributed by atoms with Crippen LogP contribution < -0.4 is 9.80 Å². The van der Waals surface area contributed by atoms with Gasteiger partial charge in [-0.2, -0.15) is 0 Å². The maximum absolute atomic E-state index is 12.7. The number of rotatable bonds is 4. The molecule has 142 valence electrons. The van der Waals surface area contributed by atoms with E-state index < -0.39 is 0 Å². The molecule has 0 radical (unpaired) electrons. The molecule has 2 saturated heterocycles. The second kappa shape index (κ2) is 8.37. The molecule has 6 heteroatoms. The summed E-state index contributed by atoms with van der Waals surface area (Å²) in [6.45, 7) is 5.31. The summed E-state index contributed by atoms with van der Waals surface area (Å²) < 4.78 is 0. The Morgan fingerprint density at radius 2 is 1.48 bits per heavy atom. The van der Waals surface area contributed by atoms with Crippen molar-refractivity contribution in [1.29, 1.82) is 0 Å². The van der Waals surface area contributed by atoms with Crippen molar-refractivity contribution in [3.8, 4) is 0 Å². The van der Waals surface area contributed by atoms with Gasteiger partial charge in [0.05, 0.1) is 6.42 Å². The molecule has 2 fully saturated rings. The van der Waals surface area contributed by atoms with E-state index in [9.17, 15) is 4.79 Å². The molecule has 2 aliphatic heterocycles. The predicted molar refractivity (Wildman–Crippen MR) is 107 cm³/mol. The van der Waals surface area contributed by atoms with Crippen molar-refractivity contribution in [3.05, 3.63) is 48.3 Å². The highest BCUT2D eigenvalue weighted by molar-refractivity contribution is 5.79. The second-order valence-electron chi connectivity index (χ2n) is 7.31. The minimum Gasteiger partial charge on any atom is -0.372 e. The van der Waals surface area contributed by atoms with Gasteiger partial charge in [-0.15, -0.1) is 0 Å². The lowest BCUT2D eigenvalue weighted by Gasteiger charge is -2.34. The number of benzene rings is 1. The van der Waals surface area contributed by atoms with Crippen LogP contribution in [0.15, 0.2) is 42.7 Å². The molecular weight excluding hydrogens is 338 g/mol. The number of piperidine rings is 1. The van der Waals surface area contributed by atoms with E-state index in [1.807, 2.05) is 11.0 Å². The third kappa shape index (κ3) is 4.38. The number of nitrogens with zero attached hydrogens (tertiary/aromatic N) is 5. The van der Waals surface area contributed by atoms with Crippen molar-refractivity contribution >= 4 is 17.5 Å². The molecule has 0 atom stereocenters. The Hall–Kier alpha value is -2.63. The molecule has 2 aromatic rings. The average molecular weight is 365 g/mol. The zero-order chi connectivity index (χ0) is 18.5. The Labute approximate surface area is 160 Å². The number of aromatic nitrogens is 2. The van der Waals surface area contributed by atoms with Gasteiger partial charge in [-0.1, -0.05) is 12.1 Å². The van der Waals surface area contributed by atoms with Crippen molar-refractivity contribution in [3.63, 3.8) is 0 Å². The molecule has 0 saturated carbocycles. The summed E-state index contributed by atoms with van der Waals surface area (Å²) in [6, 6.07) is 10.4. The van der Waals surface area contributed by atoms with Crippen molar-refractivity contribution in [2.75, 3.05) is 49.1 Å². The van der Waals surface area contributed by atoms with Crippen molar-refractivity contribution in [2.45, 2.75) is 25.7 Å². The van der Waals surface area contributed by atoms with Crippen LogP contribution in [0, 0.1) is 0 Å². The third-order valence-corrected chi connectivity index (χ3v) is 5.48. The first-order valence-corrected chi connectivity index (χ1v) is 9.93. The van der Waals surface area contributed by atoms with E-state index in [0.29, 0.717) is 6.42 Å². The van der Waals surface area contributed by atoms with E-state index in [4.69, 9.17) is 0 Å². The van der Waals surface area contributed by atoms with Crippen LogP contribution in [0.5, 0.6) is 0 Å². The fraction of sp³-hybridized carbons (Fsp3) is 0.476. The molecule has 0 N–H and O–H groups in total. The summed E-state index contributed by atoms with van der Waals surface area (Å²) in [7, 11) is 0. The number of hydrogen-bond acceptors (Lipinski definition) is 5. The lowest BCUT2D eigenvalue weighted by Crippen LogP contribution is -2.49. The summed E-state index contributed by atoms with van der Waals surface area (Å²) in [5, 5.41) is 0. The number of hydrogen-bond donors (Lipinski definition) is 0. The number of amides is 1. The first kappa shape index (κ1) is 17.8. The molecule has 0 bridgehead atoms. The number of carbonyl (C=O) groups excluding carboxylic acids is 1. The van der Waals surface area contributed by atoms with Crippen LogP contribution in [-0.2, 0) is 11.2 Å². The van der Waals surface area contributed by atoms with E-state index in [1.54, 1.807) is 12.4 Å². The predicted octanol–water partition coefficient (Wildman–Crippen LogP) is 2.36. The van der Waals surface area contributed by atoms with Crippen LogP contribution in [-0.4, -0.2) is 60.0 Å². The van der Waals surface area contributed by atoms with Crippen LogP contribution in [0.1, 0.15) is 24.8 Å². The van der Waals surface area contributed by atoms with E-state index >= 15 is 0 Å². The van der Waals surface area contributed by atoms with Gasteiger partial charge >= 0.3 is 0 Å². The first-order chi connectivity index (χ1) is 13.3. The molecule has 0 unspecified atom stereocenters. The quantitative estimate of drug-likeness (QED) is 0.833. The zero-order valence-corrected chi connectivity index (χ0v) is 15.8. The minimum atomic E-state index is 0.203. The van der Waals surface area contributed by atoms with Gasteiger partial charge in [0.1, 0.15) is 0 Å². The molecule has 4 rings (SSSR count). The Morgan fingerprint density at radius 3 is 2.15 bits per heavy atom. The molecule has 1 aromatic heterocycles. The summed E-state index contributed by atoms with van der Waals surface area (Å²) in [5.41, 5.74) is 2.37. The number of piperazine rings is 1. The number of anilines is 2. The standard InChI is InChI=1S/C21H27N5O/c27-20(25-13-15-26(16-14-25)21-22-9-4-10-23-21)17-18-5-7-19(8-6-18)24-11-2-1-3-12-24/h4-10H,1-3,11-17H2. The SMILES string of the molecule is O=C(Cc1ccc(N2CCCCC2)cc1)N1CCN(c2ncccn2)CC1. The second-order valence-corrected chi connectivity index (χ2v) is 7.31. The van der Waals surface area contributed by atoms with Crippen molar-refractivity contribution < 1.29 is 4.79 Å². The Morgan fingerprint density at radius 1 is 0.815 bits per heavy atom. The zero-order valence-electron chi connectivity index (χ0n) is 15.8. The highest BCUT2D eigenvalue weighted by atomic mass is 16.2. The lowest BCUT2D eigenvalue weighted by molar-refractivity contribution is -0.130. The van der Waals surface area contributed by atoms with Gasteiger partial charge in [0.25, 0.3) is 0 Å². The number of carbonyl (C=O) groups is 1. The summed E-state index contributed by atoms with van der Waals surface area (Å²) in [5.74, 6) is 0.951. The first-order valence-electron chi connectivity index (χ1n) is 9.93. The van der Waals surface area contributed by atoms with Crippen LogP contribution in [0.25, 0.3) is 0 Å². The molecule has 0 aliphatic carbocycles. The molecular formula is C21H27N5O. The maximum Gasteiger partial charge on any atom is 0.227 e. The van der Waals surface area contributed by atoms with Crippen LogP contribution in [0.3, 0.4) is 0 Å². The smallest absolute Gasteiger partial charge is 0.227 e. The van der Waals surface area contributed by atoms with Gasteiger partial charge < -0.3 is 14.7 Å². The summed E-state index contributed by atoms with van der Waals surface area (Å²) >= 11 is 0. The Balaban J connectivity index is 1.29. The molecule has 3 heterocycles. The Bertz CT molecular complexity index is 735. The fourth-order valence-electron chi connectivity index (χ4n) is 3.87. The van der Waals surface area contributed by atoms with Gasteiger partial charge in [0.15, 0.2) is 0 Å². The lowest BCUT2D eigenvalue weighted by atomic mass is 10.1. The van der Waals surface area contributed by atoms with E-state index in [-0.39, 0.29) is 5.91 Å². The van der Waals surface area contributed by atoms with Crippen LogP contribution in [0.2, 0.25) is 0 Å². The monoisotopic (exact) mass is 365 g/mol. The van der Waals surface area contributed by atoms with Gasteiger partial charge in [-0.3, -0.25) is 4.79 Å². The van der Waals surface area contributed by atoms with E-state index in [2.05, 4.69) is 44.0 Å². The van der Waals surface area contributed by atoms with Crippen molar-refractivity contribution in [2.24, 2.45) is 0 Å². The topological polar surface area (TPSA) is 52.6 Å². The highest BCUT2D eigenvalue weighted by Crippen LogP contribution is 2.20. The van der Waals surface area contributed by atoms with Gasteiger partial charge in [-0.25, -0.2) is 9.97 Å².